The molecular weight excluding hydrogens is 534 g/mol. The molecule has 3 aliphatic rings. The number of nitrogens with one attached hydrogen (secondary N) is 2. The Balaban J connectivity index is 1.04. The summed E-state index contributed by atoms with van der Waals surface area (Å²) in [5.74, 6) is -0.353. The van der Waals surface area contributed by atoms with Gasteiger partial charge in [-0.3, -0.25) is 34.4 Å². The summed E-state index contributed by atoms with van der Waals surface area (Å²) >= 11 is 0. The molecule has 2 saturated heterocycles. The number of hydrogen-bond donors (Lipinski definition) is 2. The molecule has 2 fully saturated rings. The number of nitrogens with zero attached hydrogens (tertiary/aromatic N) is 3. The molecule has 3 aromatic rings. The van der Waals surface area contributed by atoms with Crippen molar-refractivity contribution in [2.24, 2.45) is 0 Å². The second-order valence-corrected chi connectivity index (χ2v) is 10.9. The number of aromatic nitrogens is 1. The Kier molecular flexibility index (Phi) is 7.96. The molecule has 0 spiro atoms. The van der Waals surface area contributed by atoms with Crippen LogP contribution in [0.1, 0.15) is 48.0 Å². The number of likely N-dealkylation sites (tertiary alicyclic amines) is 1. The number of benzene rings is 2. The van der Waals surface area contributed by atoms with Gasteiger partial charge >= 0.3 is 0 Å². The predicted octanol–water partition coefficient (Wildman–Crippen LogP) is 3.38. The number of anilines is 1. The number of para-hydroxylation sites is 1. The van der Waals surface area contributed by atoms with Crippen molar-refractivity contribution >= 4 is 29.3 Å². The fraction of sp³-hybridized carbons (Fsp3) is 0.344. The fourth-order valence-corrected chi connectivity index (χ4v) is 6.11. The second kappa shape index (κ2) is 12.1. The van der Waals surface area contributed by atoms with E-state index in [-0.39, 0.29) is 36.7 Å². The third kappa shape index (κ3) is 5.62. The Hall–Kier alpha value is -4.57. The molecule has 42 heavy (non-hydrogen) atoms. The van der Waals surface area contributed by atoms with E-state index in [2.05, 4.69) is 20.5 Å². The van der Waals surface area contributed by atoms with Crippen molar-refractivity contribution < 1.29 is 23.9 Å². The average molecular weight is 568 g/mol. The van der Waals surface area contributed by atoms with Gasteiger partial charge < -0.3 is 15.0 Å². The van der Waals surface area contributed by atoms with Crippen LogP contribution in [0.4, 0.5) is 5.69 Å². The molecule has 0 aliphatic carbocycles. The first kappa shape index (κ1) is 27.6. The Bertz CT molecular complexity index is 1510. The van der Waals surface area contributed by atoms with E-state index in [0.717, 1.165) is 41.8 Å². The molecule has 10 heteroatoms. The summed E-state index contributed by atoms with van der Waals surface area (Å²) in [5.41, 5.74) is 3.94. The normalized spacial score (nSPS) is 20.4. The zero-order valence-corrected chi connectivity index (χ0v) is 23.3. The monoisotopic (exact) mass is 567 g/mol. The van der Waals surface area contributed by atoms with Crippen molar-refractivity contribution in [1.82, 2.24) is 20.1 Å². The van der Waals surface area contributed by atoms with E-state index in [1.165, 1.54) is 4.90 Å². The zero-order valence-electron chi connectivity index (χ0n) is 23.3. The minimum Gasteiger partial charge on any atom is -0.493 e. The van der Waals surface area contributed by atoms with E-state index in [4.69, 9.17) is 4.74 Å². The van der Waals surface area contributed by atoms with E-state index in [1.807, 2.05) is 42.5 Å². The highest BCUT2D eigenvalue weighted by atomic mass is 16.5. The maximum atomic E-state index is 13.3. The highest BCUT2D eigenvalue weighted by Gasteiger charge is 2.40. The van der Waals surface area contributed by atoms with Crippen molar-refractivity contribution in [1.29, 1.82) is 0 Å². The van der Waals surface area contributed by atoms with Crippen LogP contribution in [0.2, 0.25) is 0 Å². The van der Waals surface area contributed by atoms with Crippen LogP contribution in [-0.2, 0) is 20.9 Å². The minimum absolute atomic E-state index is 0.0160. The third-order valence-corrected chi connectivity index (χ3v) is 8.21. The van der Waals surface area contributed by atoms with Gasteiger partial charge in [-0.25, -0.2) is 0 Å². The molecule has 2 N–H and O–H groups in total. The van der Waals surface area contributed by atoms with Crippen LogP contribution in [0.3, 0.4) is 0 Å². The number of fused-ring (bicyclic) bond motifs is 1. The van der Waals surface area contributed by atoms with Gasteiger partial charge in [0.15, 0.2) is 0 Å². The number of rotatable bonds is 9. The average Bonchev–Trinajstić information content (AvgIpc) is 3.61. The highest BCUT2D eigenvalue weighted by molar-refractivity contribution is 6.05. The van der Waals surface area contributed by atoms with Crippen molar-refractivity contribution in [3.8, 4) is 16.9 Å². The van der Waals surface area contributed by atoms with Gasteiger partial charge in [0, 0.05) is 53.3 Å². The number of hydrogen-bond acceptors (Lipinski definition) is 7. The standard InChI is InChI=1S/C32H33N5O5/c38-29-14-13-27(31(40)35-29)37-20-24-23(32(37)41)9-3-12-28(24)42-18-6-17-36-16-5-11-26(36)30(39)34-25-10-2-1-8-22(25)21-7-4-15-33-19-21/h1-4,7-10,12,15,19,26-27H,5-6,11,13-14,16-18,20H2,(H,34,39)(H,35,38,40). The molecule has 4 heterocycles. The predicted molar refractivity (Wildman–Crippen MR) is 155 cm³/mol. The van der Waals surface area contributed by atoms with E-state index in [9.17, 15) is 19.2 Å². The van der Waals surface area contributed by atoms with E-state index < -0.39 is 11.9 Å². The Morgan fingerprint density at radius 3 is 2.71 bits per heavy atom. The van der Waals surface area contributed by atoms with Crippen molar-refractivity contribution in [3.05, 3.63) is 78.1 Å². The molecule has 216 valence electrons. The summed E-state index contributed by atoms with van der Waals surface area (Å²) in [6.07, 6.45) is 6.51. The Morgan fingerprint density at radius 2 is 1.88 bits per heavy atom. The van der Waals surface area contributed by atoms with Crippen molar-refractivity contribution in [2.75, 3.05) is 25.0 Å². The first-order valence-electron chi connectivity index (χ1n) is 14.4. The lowest BCUT2D eigenvalue weighted by atomic mass is 10.0. The summed E-state index contributed by atoms with van der Waals surface area (Å²) in [6.45, 7) is 2.25. The van der Waals surface area contributed by atoms with Crippen molar-refractivity contribution in [2.45, 2.75) is 50.7 Å². The van der Waals surface area contributed by atoms with Crippen LogP contribution in [-0.4, -0.2) is 70.2 Å². The smallest absolute Gasteiger partial charge is 0.255 e. The lowest BCUT2D eigenvalue weighted by Crippen LogP contribution is -2.52. The molecule has 2 unspecified atom stereocenters. The number of carbonyl (C=O) groups is 4. The minimum atomic E-state index is -0.662. The van der Waals surface area contributed by atoms with Crippen LogP contribution in [0.25, 0.3) is 11.1 Å². The number of amides is 4. The molecule has 10 nitrogen and oxygen atoms in total. The quantitative estimate of drug-likeness (QED) is 0.300. The highest BCUT2D eigenvalue weighted by Crippen LogP contribution is 2.34. The first-order valence-corrected chi connectivity index (χ1v) is 14.4. The third-order valence-electron chi connectivity index (χ3n) is 8.21. The summed E-state index contributed by atoms with van der Waals surface area (Å²) in [4.78, 5) is 58.3. The van der Waals surface area contributed by atoms with Crippen LogP contribution in [0.5, 0.6) is 5.75 Å². The van der Waals surface area contributed by atoms with Crippen LogP contribution < -0.4 is 15.4 Å². The van der Waals surface area contributed by atoms with Crippen molar-refractivity contribution in [3.63, 3.8) is 0 Å². The Labute approximate surface area is 244 Å². The van der Waals surface area contributed by atoms with Gasteiger partial charge in [-0.05, 0) is 56.5 Å². The SMILES string of the molecule is O=C1CCC(N2Cc3c(OCCCN4CCCC4C(=O)Nc4ccccc4-c4cccnc4)cccc3C2=O)C(=O)N1. The number of piperidine rings is 1. The zero-order chi connectivity index (χ0) is 29.1. The summed E-state index contributed by atoms with van der Waals surface area (Å²) in [5, 5.41) is 5.48. The molecule has 6 rings (SSSR count). The van der Waals surface area contributed by atoms with Crippen LogP contribution >= 0.6 is 0 Å². The lowest BCUT2D eigenvalue weighted by Gasteiger charge is -2.29. The van der Waals surface area contributed by atoms with E-state index in [1.54, 1.807) is 24.5 Å². The lowest BCUT2D eigenvalue weighted by molar-refractivity contribution is -0.137. The molecule has 2 atom stereocenters. The molecule has 4 amide bonds. The molecule has 1 aromatic heterocycles. The molecule has 0 radical (unpaired) electrons. The molecule has 2 aromatic carbocycles. The summed E-state index contributed by atoms with van der Waals surface area (Å²) in [7, 11) is 0. The fourth-order valence-electron chi connectivity index (χ4n) is 6.11. The van der Waals surface area contributed by atoms with Crippen LogP contribution in [0, 0.1) is 0 Å². The second-order valence-electron chi connectivity index (χ2n) is 10.9. The maximum absolute atomic E-state index is 13.3. The number of carbonyl (C=O) groups excluding carboxylic acids is 4. The molecule has 0 saturated carbocycles. The van der Waals surface area contributed by atoms with Gasteiger partial charge in [-0.15, -0.1) is 0 Å². The number of imide groups is 1. The molecular formula is C32H33N5O5. The number of ether oxygens (including phenoxy) is 1. The molecule has 3 aliphatic heterocycles. The van der Waals surface area contributed by atoms with Gasteiger partial charge in [0.05, 0.1) is 19.2 Å². The molecule has 0 bridgehead atoms. The van der Waals surface area contributed by atoms with Gasteiger partial charge in [0.25, 0.3) is 5.91 Å². The topological polar surface area (TPSA) is 121 Å². The van der Waals surface area contributed by atoms with Gasteiger partial charge in [-0.2, -0.15) is 0 Å². The van der Waals surface area contributed by atoms with Gasteiger partial charge in [0.2, 0.25) is 17.7 Å². The van der Waals surface area contributed by atoms with Gasteiger partial charge in [0.1, 0.15) is 11.8 Å². The van der Waals surface area contributed by atoms with E-state index >= 15 is 0 Å². The van der Waals surface area contributed by atoms with E-state index in [0.29, 0.717) is 37.3 Å². The van der Waals surface area contributed by atoms with Crippen LogP contribution in [0.15, 0.2) is 67.0 Å². The first-order chi connectivity index (χ1) is 20.5. The number of pyridine rings is 1. The maximum Gasteiger partial charge on any atom is 0.255 e. The summed E-state index contributed by atoms with van der Waals surface area (Å²) in [6, 6.07) is 16.1. The Morgan fingerprint density at radius 1 is 1.02 bits per heavy atom. The largest absolute Gasteiger partial charge is 0.493 e. The van der Waals surface area contributed by atoms with Gasteiger partial charge in [-0.1, -0.05) is 30.3 Å². The summed E-state index contributed by atoms with van der Waals surface area (Å²) < 4.78 is 6.13.